The quantitative estimate of drug-likeness (QED) is 0.563. The van der Waals surface area contributed by atoms with E-state index in [0.29, 0.717) is 44.2 Å². The highest BCUT2D eigenvalue weighted by molar-refractivity contribution is 7.89. The summed E-state index contributed by atoms with van der Waals surface area (Å²) in [5.41, 5.74) is 2.50. The van der Waals surface area contributed by atoms with E-state index in [2.05, 4.69) is 11.0 Å². The van der Waals surface area contributed by atoms with Crippen molar-refractivity contribution < 1.29 is 17.9 Å². The molecule has 0 radical (unpaired) electrons. The van der Waals surface area contributed by atoms with E-state index in [1.165, 1.54) is 15.4 Å². The Morgan fingerprint density at radius 3 is 2.41 bits per heavy atom. The number of amides is 1. The van der Waals surface area contributed by atoms with Gasteiger partial charge in [-0.1, -0.05) is 36.4 Å². The molecule has 5 rings (SSSR count). The van der Waals surface area contributed by atoms with Crippen molar-refractivity contribution in [1.82, 2.24) is 14.1 Å². The maximum absolute atomic E-state index is 13.2. The minimum Gasteiger partial charge on any atom is -0.497 e. The lowest BCUT2D eigenvalue weighted by Crippen LogP contribution is -2.52. The topological polar surface area (TPSA) is 70.2 Å². The molecule has 0 aliphatic carbocycles. The van der Waals surface area contributed by atoms with Crippen molar-refractivity contribution >= 4 is 26.7 Å². The Kier molecular flexibility index (Phi) is 6.29. The lowest BCUT2D eigenvalue weighted by molar-refractivity contribution is -0.133. The monoisotopic (exact) mass is 479 g/mol. The Morgan fingerprint density at radius 1 is 0.882 bits per heavy atom. The smallest absolute Gasteiger partial charge is 0.243 e. The number of ether oxygens (including phenoxy) is 1. The summed E-state index contributed by atoms with van der Waals surface area (Å²) in [7, 11) is -1.94. The van der Waals surface area contributed by atoms with Crippen LogP contribution < -0.4 is 4.74 Å². The molecule has 178 valence electrons. The number of carbonyl (C=O) groups is 1. The molecular weight excluding hydrogens is 450 g/mol. The molecular formula is C26H29N3O4S. The summed E-state index contributed by atoms with van der Waals surface area (Å²) in [5, 5.41) is 1.91. The molecule has 34 heavy (non-hydrogen) atoms. The fourth-order valence-electron chi connectivity index (χ4n) is 4.80. The summed E-state index contributed by atoms with van der Waals surface area (Å²) in [6.45, 7) is 3.32. The number of hydrogen-bond donors (Lipinski definition) is 0. The van der Waals surface area contributed by atoms with E-state index in [0.717, 1.165) is 29.5 Å². The third-order valence-electron chi connectivity index (χ3n) is 6.81. The van der Waals surface area contributed by atoms with Gasteiger partial charge in [0.05, 0.1) is 18.6 Å². The van der Waals surface area contributed by atoms with Crippen LogP contribution in [0.3, 0.4) is 0 Å². The van der Waals surface area contributed by atoms with E-state index >= 15 is 0 Å². The number of nitrogens with zero attached hydrogens (tertiary/aromatic N) is 3. The van der Waals surface area contributed by atoms with Crippen molar-refractivity contribution in [3.8, 4) is 5.75 Å². The number of rotatable bonds is 5. The number of piperazine rings is 1. The molecule has 0 unspecified atom stereocenters. The van der Waals surface area contributed by atoms with E-state index < -0.39 is 10.0 Å². The second kappa shape index (κ2) is 9.37. The number of sulfonamides is 1. The van der Waals surface area contributed by atoms with Crippen molar-refractivity contribution in [2.24, 2.45) is 0 Å². The molecule has 7 nitrogen and oxygen atoms in total. The Bertz CT molecular complexity index is 1320. The van der Waals surface area contributed by atoms with Crippen LogP contribution in [0.4, 0.5) is 0 Å². The molecule has 1 amide bonds. The summed E-state index contributed by atoms with van der Waals surface area (Å²) in [6, 6.07) is 19.1. The standard InChI is InChI=1S/C26H29N3O4S/c1-33-24-8-6-21-10-11-27(18-23(21)16-24)19-26(30)28-12-14-29(15-13-28)34(31,32)25-9-7-20-4-2-3-5-22(20)17-25/h2-9,16-17H,10-15,18-19H2,1H3. The Balaban J connectivity index is 1.19. The van der Waals surface area contributed by atoms with Gasteiger partial charge in [0.2, 0.25) is 15.9 Å². The SMILES string of the molecule is COc1ccc2c(c1)CN(CC(=O)N1CCN(S(=O)(=O)c3ccc4ccccc4c3)CC1)CC2. The predicted molar refractivity (Wildman–Crippen MR) is 131 cm³/mol. The van der Waals surface area contributed by atoms with Gasteiger partial charge in [-0.25, -0.2) is 8.42 Å². The Morgan fingerprint density at radius 2 is 1.65 bits per heavy atom. The van der Waals surface area contributed by atoms with Crippen LogP contribution in [0, 0.1) is 0 Å². The molecule has 2 aliphatic rings. The second-order valence-corrected chi connectivity index (χ2v) is 10.8. The molecule has 1 saturated heterocycles. The molecule has 2 aliphatic heterocycles. The third kappa shape index (κ3) is 4.53. The number of methoxy groups -OCH3 is 1. The number of benzene rings is 3. The maximum atomic E-state index is 13.2. The number of hydrogen-bond acceptors (Lipinski definition) is 5. The predicted octanol–water partition coefficient (Wildman–Crippen LogP) is 2.74. The van der Waals surface area contributed by atoms with Crippen molar-refractivity contribution in [2.45, 2.75) is 17.9 Å². The van der Waals surface area contributed by atoms with Gasteiger partial charge in [0, 0.05) is 39.3 Å². The summed E-state index contributed by atoms with van der Waals surface area (Å²) in [4.78, 5) is 17.2. The zero-order valence-electron chi connectivity index (χ0n) is 19.3. The second-order valence-electron chi connectivity index (χ2n) is 8.89. The zero-order chi connectivity index (χ0) is 23.7. The summed E-state index contributed by atoms with van der Waals surface area (Å²) in [5.74, 6) is 0.879. The van der Waals surface area contributed by atoms with Crippen LogP contribution in [0.15, 0.2) is 65.6 Å². The van der Waals surface area contributed by atoms with Gasteiger partial charge in [-0.2, -0.15) is 4.31 Å². The fraction of sp³-hybridized carbons (Fsp3) is 0.346. The highest BCUT2D eigenvalue weighted by Gasteiger charge is 2.31. The largest absolute Gasteiger partial charge is 0.497 e. The summed E-state index contributed by atoms with van der Waals surface area (Å²) in [6.07, 6.45) is 0.907. The van der Waals surface area contributed by atoms with Crippen molar-refractivity contribution in [1.29, 1.82) is 0 Å². The van der Waals surface area contributed by atoms with Gasteiger partial charge in [-0.15, -0.1) is 0 Å². The van der Waals surface area contributed by atoms with Crippen LogP contribution in [-0.4, -0.2) is 74.8 Å². The molecule has 0 bridgehead atoms. The molecule has 2 heterocycles. The Labute approximate surface area is 200 Å². The molecule has 8 heteroatoms. The van der Waals surface area contributed by atoms with Crippen LogP contribution in [0.2, 0.25) is 0 Å². The Hall–Kier alpha value is -2.94. The zero-order valence-corrected chi connectivity index (χ0v) is 20.1. The first-order valence-corrected chi connectivity index (χ1v) is 13.0. The number of fused-ring (bicyclic) bond motifs is 2. The fourth-order valence-corrected chi connectivity index (χ4v) is 6.26. The van der Waals surface area contributed by atoms with Gasteiger partial charge in [-0.3, -0.25) is 9.69 Å². The van der Waals surface area contributed by atoms with E-state index in [9.17, 15) is 13.2 Å². The maximum Gasteiger partial charge on any atom is 0.243 e. The summed E-state index contributed by atoms with van der Waals surface area (Å²) < 4.78 is 33.2. The van der Waals surface area contributed by atoms with Gasteiger partial charge < -0.3 is 9.64 Å². The molecule has 0 atom stereocenters. The molecule has 3 aromatic rings. The van der Waals surface area contributed by atoms with E-state index in [1.54, 1.807) is 24.1 Å². The van der Waals surface area contributed by atoms with Crippen LogP contribution in [0.25, 0.3) is 10.8 Å². The highest BCUT2D eigenvalue weighted by Crippen LogP contribution is 2.25. The summed E-state index contributed by atoms with van der Waals surface area (Å²) >= 11 is 0. The number of carbonyl (C=O) groups excluding carboxylic acids is 1. The van der Waals surface area contributed by atoms with Crippen LogP contribution in [0.5, 0.6) is 5.75 Å². The average molecular weight is 480 g/mol. The van der Waals surface area contributed by atoms with Gasteiger partial charge in [0.1, 0.15) is 5.75 Å². The van der Waals surface area contributed by atoms with Gasteiger partial charge >= 0.3 is 0 Å². The third-order valence-corrected chi connectivity index (χ3v) is 8.71. The minimum absolute atomic E-state index is 0.0501. The first-order valence-electron chi connectivity index (χ1n) is 11.6. The molecule has 0 spiro atoms. The molecule has 0 saturated carbocycles. The van der Waals surface area contributed by atoms with Gasteiger partial charge in [0.25, 0.3) is 0 Å². The highest BCUT2D eigenvalue weighted by atomic mass is 32.2. The van der Waals surface area contributed by atoms with Crippen LogP contribution in [0.1, 0.15) is 11.1 Å². The molecule has 3 aromatic carbocycles. The normalized spacial score (nSPS) is 17.5. The molecule has 1 fully saturated rings. The molecule has 0 N–H and O–H groups in total. The van der Waals surface area contributed by atoms with Crippen LogP contribution in [-0.2, 0) is 27.8 Å². The average Bonchev–Trinajstić information content (AvgIpc) is 2.88. The van der Waals surface area contributed by atoms with E-state index in [4.69, 9.17) is 4.74 Å². The van der Waals surface area contributed by atoms with E-state index in [1.807, 2.05) is 42.5 Å². The lowest BCUT2D eigenvalue weighted by atomic mass is 9.99. The molecule has 0 aromatic heterocycles. The van der Waals surface area contributed by atoms with Crippen molar-refractivity contribution in [3.63, 3.8) is 0 Å². The van der Waals surface area contributed by atoms with E-state index in [-0.39, 0.29) is 5.91 Å². The van der Waals surface area contributed by atoms with Gasteiger partial charge in [-0.05, 0) is 52.6 Å². The first-order chi connectivity index (χ1) is 16.4. The minimum atomic E-state index is -3.60. The lowest BCUT2D eigenvalue weighted by Gasteiger charge is -2.36. The van der Waals surface area contributed by atoms with Crippen LogP contribution >= 0.6 is 0 Å². The van der Waals surface area contributed by atoms with Crippen molar-refractivity contribution in [3.05, 3.63) is 71.8 Å². The van der Waals surface area contributed by atoms with Gasteiger partial charge in [0.15, 0.2) is 0 Å². The first kappa shape index (κ1) is 22.8. The van der Waals surface area contributed by atoms with Crippen molar-refractivity contribution in [2.75, 3.05) is 46.4 Å².